The van der Waals surface area contributed by atoms with Crippen LogP contribution < -0.4 is 11.1 Å². The van der Waals surface area contributed by atoms with Crippen LogP contribution in [0.15, 0.2) is 60.9 Å². The molecule has 1 aliphatic heterocycles. The minimum Gasteiger partial charge on any atom is -0.366 e. The minimum absolute atomic E-state index is 0. The molecule has 0 radical (unpaired) electrons. The molecule has 2 heterocycles. The van der Waals surface area contributed by atoms with Crippen molar-refractivity contribution < 1.29 is 14.0 Å². The number of hydrogen-bond donors (Lipinski definition) is 2. The highest BCUT2D eigenvalue weighted by Crippen LogP contribution is 2.41. The second kappa shape index (κ2) is 11.4. The molecule has 1 saturated carbocycles. The fourth-order valence-electron chi connectivity index (χ4n) is 4.97. The van der Waals surface area contributed by atoms with E-state index >= 15 is 0 Å². The van der Waals surface area contributed by atoms with Crippen LogP contribution in [-0.4, -0.2) is 77.2 Å². The van der Waals surface area contributed by atoms with Gasteiger partial charge >= 0.3 is 0 Å². The first-order chi connectivity index (χ1) is 17.4. The van der Waals surface area contributed by atoms with E-state index < -0.39 is 11.8 Å². The molecule has 10 heteroatoms. The zero-order valence-corrected chi connectivity index (χ0v) is 21.5. The van der Waals surface area contributed by atoms with Gasteiger partial charge in [-0.15, -0.1) is 12.4 Å². The molecule has 0 bridgehead atoms. The average Bonchev–Trinajstić information content (AvgIpc) is 3.43. The average molecular weight is 527 g/mol. The maximum Gasteiger partial charge on any atom is 0.249 e. The maximum absolute atomic E-state index is 13.9. The lowest BCUT2D eigenvalue weighted by Gasteiger charge is -2.35. The summed E-state index contributed by atoms with van der Waals surface area (Å²) in [6, 6.07) is 13.9. The molecule has 5 rings (SSSR count). The summed E-state index contributed by atoms with van der Waals surface area (Å²) in [5.74, 6) is -1.15. The Labute approximate surface area is 222 Å². The van der Waals surface area contributed by atoms with E-state index in [1.54, 1.807) is 23.0 Å². The Balaban J connectivity index is 0.00000320. The van der Waals surface area contributed by atoms with E-state index in [1.165, 1.54) is 12.1 Å². The van der Waals surface area contributed by atoms with Crippen molar-refractivity contribution in [2.75, 3.05) is 39.8 Å². The quantitative estimate of drug-likeness (QED) is 0.470. The zero-order valence-electron chi connectivity index (χ0n) is 20.7. The molecule has 0 unspecified atom stereocenters. The smallest absolute Gasteiger partial charge is 0.249 e. The summed E-state index contributed by atoms with van der Waals surface area (Å²) in [4.78, 5) is 30.3. The van der Waals surface area contributed by atoms with Crippen molar-refractivity contribution in [3.63, 3.8) is 0 Å². The van der Waals surface area contributed by atoms with Gasteiger partial charge in [-0.1, -0.05) is 12.1 Å². The number of primary amides is 1. The summed E-state index contributed by atoms with van der Waals surface area (Å²) in [5.41, 5.74) is 8.53. The van der Waals surface area contributed by atoms with Gasteiger partial charge in [0, 0.05) is 62.6 Å². The summed E-state index contributed by atoms with van der Waals surface area (Å²) in [7, 11) is 2.04. The lowest BCUT2D eigenvalue weighted by atomic mass is 9.91. The third-order valence-corrected chi connectivity index (χ3v) is 7.23. The van der Waals surface area contributed by atoms with Crippen molar-refractivity contribution in [1.82, 2.24) is 24.9 Å². The van der Waals surface area contributed by atoms with Crippen LogP contribution in [0.3, 0.4) is 0 Å². The van der Waals surface area contributed by atoms with Crippen LogP contribution in [0, 0.1) is 5.82 Å². The van der Waals surface area contributed by atoms with Gasteiger partial charge in [0.15, 0.2) is 0 Å². The van der Waals surface area contributed by atoms with E-state index in [0.717, 1.165) is 30.8 Å². The number of halogens is 2. The van der Waals surface area contributed by atoms with Crippen LogP contribution in [0.25, 0.3) is 5.69 Å². The SMILES string of the molecule is CN1CCN(C(=O)[C@H](CN[C@@H]2C[C@H]2c2ccc(F)cc2)c2cc(-n3cccn3)ccc2C(N)=O)CC1.Cl. The number of aromatic nitrogens is 2. The molecule has 3 N–H and O–H groups in total. The normalized spacial score (nSPS) is 20.2. The number of piperazine rings is 1. The lowest BCUT2D eigenvalue weighted by Crippen LogP contribution is -2.50. The van der Waals surface area contributed by atoms with Gasteiger partial charge in [0.1, 0.15) is 5.82 Å². The Morgan fingerprint density at radius 1 is 1.14 bits per heavy atom. The molecule has 2 amide bonds. The van der Waals surface area contributed by atoms with Gasteiger partial charge in [-0.05, 0) is 61.0 Å². The summed E-state index contributed by atoms with van der Waals surface area (Å²) >= 11 is 0. The fraction of sp³-hybridized carbons (Fsp3) is 0.370. The van der Waals surface area contributed by atoms with Crippen LogP contribution >= 0.6 is 12.4 Å². The highest BCUT2D eigenvalue weighted by molar-refractivity contribution is 5.97. The number of benzene rings is 2. The zero-order chi connectivity index (χ0) is 25.2. The van der Waals surface area contributed by atoms with Gasteiger partial charge in [0.05, 0.1) is 11.6 Å². The molecule has 2 aromatic carbocycles. The predicted molar refractivity (Wildman–Crippen MR) is 142 cm³/mol. The number of likely N-dealkylation sites (N-methyl/N-ethyl adjacent to an activating group) is 1. The molecule has 37 heavy (non-hydrogen) atoms. The highest BCUT2D eigenvalue weighted by atomic mass is 35.5. The summed E-state index contributed by atoms with van der Waals surface area (Å²) in [6.45, 7) is 3.25. The fourth-order valence-corrected chi connectivity index (χ4v) is 4.97. The van der Waals surface area contributed by atoms with Crippen molar-refractivity contribution in [2.24, 2.45) is 5.73 Å². The number of nitrogens with one attached hydrogen (secondary N) is 1. The number of rotatable bonds is 8. The Hall–Kier alpha value is -3.27. The molecule has 1 saturated heterocycles. The van der Waals surface area contributed by atoms with E-state index in [1.807, 2.05) is 42.4 Å². The molecule has 2 fully saturated rings. The van der Waals surface area contributed by atoms with Crippen LogP contribution in [0.5, 0.6) is 0 Å². The molecule has 0 spiro atoms. The number of amides is 2. The molecule has 8 nitrogen and oxygen atoms in total. The van der Waals surface area contributed by atoms with E-state index in [4.69, 9.17) is 5.73 Å². The van der Waals surface area contributed by atoms with Gasteiger partial charge in [0.2, 0.25) is 11.8 Å². The second-order valence-electron chi connectivity index (χ2n) is 9.68. The Bertz CT molecular complexity index is 1230. The third kappa shape index (κ3) is 6.01. The predicted octanol–water partition coefficient (Wildman–Crippen LogP) is 2.54. The summed E-state index contributed by atoms with van der Waals surface area (Å²) < 4.78 is 15.0. The maximum atomic E-state index is 13.9. The van der Waals surface area contributed by atoms with Gasteiger partial charge in [-0.2, -0.15) is 5.10 Å². The summed E-state index contributed by atoms with van der Waals surface area (Å²) in [6.07, 6.45) is 4.41. The number of hydrogen-bond acceptors (Lipinski definition) is 5. The van der Waals surface area contributed by atoms with Crippen molar-refractivity contribution >= 4 is 24.2 Å². The van der Waals surface area contributed by atoms with Gasteiger partial charge < -0.3 is 20.9 Å². The van der Waals surface area contributed by atoms with E-state index in [0.29, 0.717) is 30.8 Å². The third-order valence-electron chi connectivity index (χ3n) is 7.23. The Morgan fingerprint density at radius 2 is 1.86 bits per heavy atom. The van der Waals surface area contributed by atoms with Gasteiger partial charge in [-0.3, -0.25) is 9.59 Å². The molecule has 196 valence electrons. The number of carbonyl (C=O) groups is 2. The molecule has 1 aliphatic carbocycles. The molecule has 2 aliphatic rings. The molecular weight excluding hydrogens is 495 g/mol. The molecule has 3 atom stereocenters. The number of nitrogens with two attached hydrogens (primary N) is 1. The van der Waals surface area contributed by atoms with E-state index in [2.05, 4.69) is 15.3 Å². The van der Waals surface area contributed by atoms with E-state index in [-0.39, 0.29) is 36.1 Å². The van der Waals surface area contributed by atoms with Crippen molar-refractivity contribution in [2.45, 2.75) is 24.3 Å². The standard InChI is InChI=1S/C27H31FN6O2.ClH/c1-32-11-13-33(14-12-32)27(36)24(17-30-25-16-22(25)18-3-5-19(28)6-4-18)23-15-20(34-10-2-9-31-34)7-8-21(23)26(29)35;/h2-10,15,22,24-25,30H,11-14,16-17H2,1H3,(H2,29,35);1H/t22-,24+,25+;/m0./s1. The molecule has 3 aromatic rings. The minimum atomic E-state index is -0.583. The van der Waals surface area contributed by atoms with Crippen molar-refractivity contribution in [3.05, 3.63) is 83.4 Å². The first-order valence-electron chi connectivity index (χ1n) is 12.3. The first-order valence-corrected chi connectivity index (χ1v) is 12.3. The van der Waals surface area contributed by atoms with Crippen LogP contribution in [0.2, 0.25) is 0 Å². The highest BCUT2D eigenvalue weighted by Gasteiger charge is 2.39. The van der Waals surface area contributed by atoms with Gasteiger partial charge in [0.25, 0.3) is 0 Å². The van der Waals surface area contributed by atoms with Crippen LogP contribution in [0.1, 0.15) is 39.7 Å². The first kappa shape index (κ1) is 26.8. The van der Waals surface area contributed by atoms with Crippen molar-refractivity contribution in [3.8, 4) is 5.69 Å². The second-order valence-corrected chi connectivity index (χ2v) is 9.68. The van der Waals surface area contributed by atoms with Crippen molar-refractivity contribution in [1.29, 1.82) is 0 Å². The lowest BCUT2D eigenvalue weighted by molar-refractivity contribution is -0.134. The number of nitrogens with zero attached hydrogens (tertiary/aromatic N) is 4. The van der Waals surface area contributed by atoms with Crippen LogP contribution in [0.4, 0.5) is 4.39 Å². The summed E-state index contributed by atoms with van der Waals surface area (Å²) in [5, 5.41) is 7.84. The largest absolute Gasteiger partial charge is 0.366 e. The topological polar surface area (TPSA) is 96.5 Å². The monoisotopic (exact) mass is 526 g/mol. The molecular formula is C27H32ClFN6O2. The van der Waals surface area contributed by atoms with Crippen LogP contribution in [-0.2, 0) is 4.79 Å². The molecule has 1 aromatic heterocycles. The Kier molecular flexibility index (Phi) is 8.26. The number of carbonyl (C=O) groups excluding carboxylic acids is 2. The Morgan fingerprint density at radius 3 is 2.51 bits per heavy atom. The van der Waals surface area contributed by atoms with E-state index in [9.17, 15) is 14.0 Å². The van der Waals surface area contributed by atoms with Gasteiger partial charge in [-0.25, -0.2) is 9.07 Å².